The van der Waals surface area contributed by atoms with Crippen molar-refractivity contribution in [2.45, 2.75) is 45.6 Å². The van der Waals surface area contributed by atoms with Crippen molar-refractivity contribution in [3.63, 3.8) is 0 Å². The SMILES string of the molecule is CCCC(N)C(c1ccccc1)c1ccc(C)cc1C. The molecule has 1 heteroatoms. The minimum absolute atomic E-state index is 0.170. The van der Waals surface area contributed by atoms with Crippen molar-refractivity contribution in [3.8, 4) is 0 Å². The van der Waals surface area contributed by atoms with E-state index in [9.17, 15) is 0 Å². The van der Waals surface area contributed by atoms with Gasteiger partial charge < -0.3 is 5.73 Å². The van der Waals surface area contributed by atoms with Crippen molar-refractivity contribution in [2.24, 2.45) is 5.73 Å². The van der Waals surface area contributed by atoms with Gasteiger partial charge in [-0.3, -0.25) is 0 Å². The first-order chi connectivity index (χ1) is 9.63. The van der Waals surface area contributed by atoms with Crippen LogP contribution in [0.1, 0.15) is 47.9 Å². The Hall–Kier alpha value is -1.60. The molecule has 0 saturated heterocycles. The molecule has 2 atom stereocenters. The lowest BCUT2D eigenvalue weighted by atomic mass is 9.81. The molecule has 2 aromatic rings. The summed E-state index contributed by atoms with van der Waals surface area (Å²) in [6.45, 7) is 6.53. The number of hydrogen-bond acceptors (Lipinski definition) is 1. The number of hydrogen-bond donors (Lipinski definition) is 1. The molecule has 2 aromatic carbocycles. The second-order valence-electron chi connectivity index (χ2n) is 5.70. The summed E-state index contributed by atoms with van der Waals surface area (Å²) in [6, 6.07) is 17.5. The van der Waals surface area contributed by atoms with Gasteiger partial charge in [-0.05, 0) is 37.0 Å². The Morgan fingerprint density at radius 2 is 1.70 bits per heavy atom. The number of benzene rings is 2. The summed E-state index contributed by atoms with van der Waals surface area (Å²) >= 11 is 0. The summed E-state index contributed by atoms with van der Waals surface area (Å²) < 4.78 is 0. The first-order valence-electron chi connectivity index (χ1n) is 7.51. The third-order valence-electron chi connectivity index (χ3n) is 3.97. The van der Waals surface area contributed by atoms with E-state index in [4.69, 9.17) is 5.73 Å². The van der Waals surface area contributed by atoms with Crippen molar-refractivity contribution >= 4 is 0 Å². The largest absolute Gasteiger partial charge is 0.327 e. The maximum absolute atomic E-state index is 6.50. The van der Waals surface area contributed by atoms with Crippen LogP contribution >= 0.6 is 0 Å². The summed E-state index contributed by atoms with van der Waals surface area (Å²) in [5, 5.41) is 0. The molecule has 0 aliphatic carbocycles. The predicted molar refractivity (Wildman–Crippen MR) is 87.1 cm³/mol. The molecule has 0 spiro atoms. The van der Waals surface area contributed by atoms with E-state index in [0.29, 0.717) is 0 Å². The maximum atomic E-state index is 6.50. The summed E-state index contributed by atoms with van der Waals surface area (Å²) in [5.41, 5.74) is 11.8. The topological polar surface area (TPSA) is 26.0 Å². The molecule has 0 aromatic heterocycles. The van der Waals surface area contributed by atoms with E-state index in [2.05, 4.69) is 69.3 Å². The minimum Gasteiger partial charge on any atom is -0.327 e. The number of rotatable bonds is 5. The van der Waals surface area contributed by atoms with E-state index < -0.39 is 0 Å². The van der Waals surface area contributed by atoms with E-state index in [1.54, 1.807) is 0 Å². The van der Waals surface area contributed by atoms with Gasteiger partial charge in [-0.1, -0.05) is 67.4 Å². The lowest BCUT2D eigenvalue weighted by Gasteiger charge is -2.26. The fourth-order valence-corrected chi connectivity index (χ4v) is 2.99. The van der Waals surface area contributed by atoms with Crippen molar-refractivity contribution in [1.29, 1.82) is 0 Å². The predicted octanol–water partition coefficient (Wildman–Crippen LogP) is 4.56. The molecule has 0 fully saturated rings. The molecule has 106 valence electrons. The molecule has 0 bridgehead atoms. The average Bonchev–Trinajstić information content (AvgIpc) is 2.43. The van der Waals surface area contributed by atoms with Crippen LogP contribution in [0.25, 0.3) is 0 Å². The van der Waals surface area contributed by atoms with Crippen molar-refractivity contribution in [2.75, 3.05) is 0 Å². The van der Waals surface area contributed by atoms with Gasteiger partial charge in [-0.15, -0.1) is 0 Å². The van der Waals surface area contributed by atoms with E-state index in [1.807, 2.05) is 0 Å². The summed E-state index contributed by atoms with van der Waals surface area (Å²) in [6.07, 6.45) is 2.17. The van der Waals surface area contributed by atoms with Crippen molar-refractivity contribution < 1.29 is 0 Å². The lowest BCUT2D eigenvalue weighted by molar-refractivity contribution is 0.542. The first-order valence-corrected chi connectivity index (χ1v) is 7.51. The fourth-order valence-electron chi connectivity index (χ4n) is 2.99. The second kappa shape index (κ2) is 6.71. The van der Waals surface area contributed by atoms with Crippen molar-refractivity contribution in [3.05, 3.63) is 70.8 Å². The quantitative estimate of drug-likeness (QED) is 0.844. The van der Waals surface area contributed by atoms with Gasteiger partial charge in [-0.2, -0.15) is 0 Å². The van der Waals surface area contributed by atoms with Gasteiger partial charge in [-0.25, -0.2) is 0 Å². The highest BCUT2D eigenvalue weighted by Crippen LogP contribution is 2.31. The second-order valence-corrected chi connectivity index (χ2v) is 5.70. The van der Waals surface area contributed by atoms with E-state index >= 15 is 0 Å². The van der Waals surface area contributed by atoms with Crippen LogP contribution in [-0.2, 0) is 0 Å². The molecule has 20 heavy (non-hydrogen) atoms. The van der Waals surface area contributed by atoms with Gasteiger partial charge in [0.05, 0.1) is 0 Å². The van der Waals surface area contributed by atoms with Crippen LogP contribution in [0.3, 0.4) is 0 Å². The smallest absolute Gasteiger partial charge is 0.0243 e. The first kappa shape index (κ1) is 14.8. The Morgan fingerprint density at radius 1 is 1.00 bits per heavy atom. The molecular weight excluding hydrogens is 242 g/mol. The highest BCUT2D eigenvalue weighted by molar-refractivity contribution is 5.40. The Balaban J connectivity index is 2.46. The maximum Gasteiger partial charge on any atom is 0.0243 e. The molecule has 0 saturated carbocycles. The molecule has 0 heterocycles. The molecule has 0 aliphatic heterocycles. The summed E-state index contributed by atoms with van der Waals surface area (Å²) in [5.74, 6) is 0.289. The van der Waals surface area contributed by atoms with Gasteiger partial charge in [0.2, 0.25) is 0 Å². The normalized spacial score (nSPS) is 14.0. The Labute approximate surface area is 122 Å². The summed E-state index contributed by atoms with van der Waals surface area (Å²) in [4.78, 5) is 0. The van der Waals surface area contributed by atoms with Crippen molar-refractivity contribution in [1.82, 2.24) is 0 Å². The number of nitrogens with two attached hydrogens (primary N) is 1. The van der Waals surface area contributed by atoms with E-state index in [1.165, 1.54) is 22.3 Å². The zero-order chi connectivity index (χ0) is 14.5. The van der Waals surface area contributed by atoms with Crippen LogP contribution in [-0.4, -0.2) is 6.04 Å². The van der Waals surface area contributed by atoms with E-state index in [0.717, 1.165) is 12.8 Å². The third kappa shape index (κ3) is 3.29. The molecular formula is C19H25N. The van der Waals surface area contributed by atoms with Crippen LogP contribution in [0.15, 0.2) is 48.5 Å². The molecule has 0 aliphatic rings. The molecule has 0 amide bonds. The molecule has 2 N–H and O–H groups in total. The molecule has 2 rings (SSSR count). The third-order valence-corrected chi connectivity index (χ3v) is 3.97. The van der Waals surface area contributed by atoms with Crippen LogP contribution < -0.4 is 5.73 Å². The Kier molecular flexibility index (Phi) is 4.97. The van der Waals surface area contributed by atoms with Gasteiger partial charge >= 0.3 is 0 Å². The van der Waals surface area contributed by atoms with Crippen LogP contribution in [0.2, 0.25) is 0 Å². The fraction of sp³-hybridized carbons (Fsp3) is 0.368. The molecule has 2 unspecified atom stereocenters. The zero-order valence-corrected chi connectivity index (χ0v) is 12.8. The van der Waals surface area contributed by atoms with Gasteiger partial charge in [0.15, 0.2) is 0 Å². The Bertz CT molecular complexity index is 545. The average molecular weight is 267 g/mol. The van der Waals surface area contributed by atoms with Gasteiger partial charge in [0, 0.05) is 12.0 Å². The molecule has 1 nitrogen and oxygen atoms in total. The minimum atomic E-state index is 0.170. The van der Waals surface area contributed by atoms with Crippen LogP contribution in [0.5, 0.6) is 0 Å². The van der Waals surface area contributed by atoms with Gasteiger partial charge in [0.1, 0.15) is 0 Å². The lowest BCUT2D eigenvalue weighted by Crippen LogP contribution is -2.29. The monoisotopic (exact) mass is 267 g/mol. The standard InChI is InChI=1S/C19H25N/c1-4-8-18(20)19(16-9-6-5-7-10-16)17-12-11-14(2)13-15(17)3/h5-7,9-13,18-19H,4,8,20H2,1-3H3. The Morgan fingerprint density at radius 3 is 2.30 bits per heavy atom. The molecule has 0 radical (unpaired) electrons. The van der Waals surface area contributed by atoms with E-state index in [-0.39, 0.29) is 12.0 Å². The summed E-state index contributed by atoms with van der Waals surface area (Å²) in [7, 11) is 0. The zero-order valence-electron chi connectivity index (χ0n) is 12.8. The highest BCUT2D eigenvalue weighted by atomic mass is 14.6. The number of aryl methyl sites for hydroxylation is 2. The van der Waals surface area contributed by atoms with Crippen LogP contribution in [0.4, 0.5) is 0 Å². The van der Waals surface area contributed by atoms with Crippen LogP contribution in [0, 0.1) is 13.8 Å². The highest BCUT2D eigenvalue weighted by Gasteiger charge is 2.22. The van der Waals surface area contributed by atoms with Gasteiger partial charge in [0.25, 0.3) is 0 Å².